The van der Waals surface area contributed by atoms with Crippen LogP contribution in [0.25, 0.3) is 0 Å². The summed E-state index contributed by atoms with van der Waals surface area (Å²) in [6.45, 7) is 10.9. The molecule has 0 bridgehead atoms. The SMILES string of the molecule is CC1CCCCC1OCC(=O)N1CCCN(C(=O)C(C)(C)C)CC1. The molecule has 138 valence electrons. The van der Waals surface area contributed by atoms with Gasteiger partial charge in [-0.3, -0.25) is 9.59 Å². The molecule has 2 rings (SSSR count). The summed E-state index contributed by atoms with van der Waals surface area (Å²) in [7, 11) is 0. The standard InChI is InChI=1S/C19H34N2O3/c1-15-8-5-6-9-16(15)24-14-17(22)20-10-7-11-21(13-12-20)18(23)19(2,3)4/h15-16H,5-14H2,1-4H3. The molecule has 2 fully saturated rings. The van der Waals surface area contributed by atoms with Crippen LogP contribution in [0.1, 0.15) is 59.8 Å². The Bertz CT molecular complexity index is 444. The van der Waals surface area contributed by atoms with Crippen LogP contribution in [0.5, 0.6) is 0 Å². The summed E-state index contributed by atoms with van der Waals surface area (Å²) in [5.41, 5.74) is -0.362. The highest BCUT2D eigenvalue weighted by molar-refractivity contribution is 5.82. The first-order chi connectivity index (χ1) is 11.3. The number of carbonyl (C=O) groups is 2. The molecule has 2 aliphatic rings. The number of hydrogen-bond acceptors (Lipinski definition) is 3. The molecule has 1 saturated heterocycles. The van der Waals surface area contributed by atoms with E-state index in [4.69, 9.17) is 4.74 Å². The monoisotopic (exact) mass is 338 g/mol. The number of amides is 2. The molecule has 1 saturated carbocycles. The summed E-state index contributed by atoms with van der Waals surface area (Å²) < 4.78 is 5.91. The second-order valence-corrected chi connectivity index (χ2v) is 8.39. The zero-order valence-electron chi connectivity index (χ0n) is 15.8. The van der Waals surface area contributed by atoms with E-state index < -0.39 is 0 Å². The van der Waals surface area contributed by atoms with Gasteiger partial charge in [0.25, 0.3) is 0 Å². The van der Waals surface area contributed by atoms with Gasteiger partial charge in [0.1, 0.15) is 6.61 Å². The van der Waals surface area contributed by atoms with Gasteiger partial charge in [-0.1, -0.05) is 40.5 Å². The lowest BCUT2D eigenvalue weighted by Gasteiger charge is -2.30. The topological polar surface area (TPSA) is 49.9 Å². The highest BCUT2D eigenvalue weighted by Crippen LogP contribution is 2.26. The predicted molar refractivity (Wildman–Crippen MR) is 94.6 cm³/mol. The summed E-state index contributed by atoms with van der Waals surface area (Å²) >= 11 is 0. The fourth-order valence-electron chi connectivity index (χ4n) is 3.64. The van der Waals surface area contributed by atoms with Crippen LogP contribution in [0.4, 0.5) is 0 Å². The molecule has 5 heteroatoms. The van der Waals surface area contributed by atoms with E-state index in [9.17, 15) is 9.59 Å². The number of nitrogens with zero attached hydrogens (tertiary/aromatic N) is 2. The quantitative estimate of drug-likeness (QED) is 0.795. The van der Waals surface area contributed by atoms with Crippen LogP contribution in [0.15, 0.2) is 0 Å². The van der Waals surface area contributed by atoms with Crippen molar-refractivity contribution >= 4 is 11.8 Å². The lowest BCUT2D eigenvalue weighted by atomic mass is 9.88. The van der Waals surface area contributed by atoms with E-state index in [0.717, 1.165) is 25.9 Å². The predicted octanol–water partition coefficient (Wildman–Crippen LogP) is 2.69. The third kappa shape index (κ3) is 5.20. The zero-order chi connectivity index (χ0) is 17.7. The largest absolute Gasteiger partial charge is 0.368 e. The maximum atomic E-state index is 12.5. The smallest absolute Gasteiger partial charge is 0.248 e. The first-order valence-electron chi connectivity index (χ1n) is 9.48. The Morgan fingerprint density at radius 3 is 2.25 bits per heavy atom. The van der Waals surface area contributed by atoms with Gasteiger partial charge >= 0.3 is 0 Å². The maximum absolute atomic E-state index is 12.5. The Morgan fingerprint density at radius 1 is 0.958 bits per heavy atom. The van der Waals surface area contributed by atoms with E-state index in [0.29, 0.717) is 19.0 Å². The van der Waals surface area contributed by atoms with Crippen molar-refractivity contribution in [2.75, 3.05) is 32.8 Å². The van der Waals surface area contributed by atoms with Crippen LogP contribution in [-0.4, -0.2) is 60.5 Å². The van der Waals surface area contributed by atoms with Crippen molar-refractivity contribution in [1.82, 2.24) is 9.80 Å². The molecule has 1 aliphatic carbocycles. The van der Waals surface area contributed by atoms with Gasteiger partial charge in [-0.25, -0.2) is 0 Å². The number of hydrogen-bond donors (Lipinski definition) is 0. The van der Waals surface area contributed by atoms with Crippen molar-refractivity contribution in [2.45, 2.75) is 65.9 Å². The second-order valence-electron chi connectivity index (χ2n) is 8.39. The molecule has 2 amide bonds. The van der Waals surface area contributed by atoms with Gasteiger partial charge in [-0.15, -0.1) is 0 Å². The van der Waals surface area contributed by atoms with Crippen LogP contribution in [0.2, 0.25) is 0 Å². The zero-order valence-corrected chi connectivity index (χ0v) is 15.8. The molecule has 0 spiro atoms. The molecule has 2 unspecified atom stereocenters. The Balaban J connectivity index is 1.80. The minimum absolute atomic E-state index is 0.0674. The van der Waals surface area contributed by atoms with Gasteiger partial charge < -0.3 is 14.5 Å². The molecule has 0 N–H and O–H groups in total. The van der Waals surface area contributed by atoms with E-state index in [1.54, 1.807) is 0 Å². The molecular weight excluding hydrogens is 304 g/mol. The Kier molecular flexibility index (Phi) is 6.67. The van der Waals surface area contributed by atoms with Crippen molar-refractivity contribution in [2.24, 2.45) is 11.3 Å². The van der Waals surface area contributed by atoms with Crippen LogP contribution in [0, 0.1) is 11.3 Å². The fraction of sp³-hybridized carbons (Fsp3) is 0.895. The van der Waals surface area contributed by atoms with E-state index in [-0.39, 0.29) is 29.9 Å². The van der Waals surface area contributed by atoms with Crippen molar-refractivity contribution in [3.63, 3.8) is 0 Å². The summed E-state index contributed by atoms with van der Waals surface area (Å²) in [5.74, 6) is 0.789. The third-order valence-electron chi connectivity index (χ3n) is 5.23. The molecule has 5 nitrogen and oxygen atoms in total. The van der Waals surface area contributed by atoms with Gasteiger partial charge in [0.05, 0.1) is 6.10 Å². The summed E-state index contributed by atoms with van der Waals surface area (Å²) in [5, 5.41) is 0. The number of carbonyl (C=O) groups excluding carboxylic acids is 2. The Labute approximate surface area is 146 Å². The van der Waals surface area contributed by atoms with Crippen molar-refractivity contribution in [3.8, 4) is 0 Å². The van der Waals surface area contributed by atoms with Gasteiger partial charge in [0, 0.05) is 31.6 Å². The number of rotatable bonds is 3. The first kappa shape index (κ1) is 19.2. The van der Waals surface area contributed by atoms with E-state index in [1.807, 2.05) is 30.6 Å². The number of ether oxygens (including phenoxy) is 1. The lowest BCUT2D eigenvalue weighted by molar-refractivity contribution is -0.142. The van der Waals surface area contributed by atoms with Gasteiger partial charge in [0.2, 0.25) is 11.8 Å². The maximum Gasteiger partial charge on any atom is 0.248 e. The minimum atomic E-state index is -0.362. The normalized spacial score (nSPS) is 26.2. The Morgan fingerprint density at radius 2 is 1.58 bits per heavy atom. The fourth-order valence-corrected chi connectivity index (χ4v) is 3.64. The molecule has 2 atom stereocenters. The van der Waals surface area contributed by atoms with E-state index >= 15 is 0 Å². The van der Waals surface area contributed by atoms with Crippen molar-refractivity contribution < 1.29 is 14.3 Å². The summed E-state index contributed by atoms with van der Waals surface area (Å²) in [6.07, 6.45) is 5.83. The Hall–Kier alpha value is -1.10. The molecule has 0 aromatic heterocycles. The third-order valence-corrected chi connectivity index (χ3v) is 5.23. The van der Waals surface area contributed by atoms with E-state index in [1.165, 1.54) is 19.3 Å². The second kappa shape index (κ2) is 8.32. The first-order valence-corrected chi connectivity index (χ1v) is 9.48. The lowest BCUT2D eigenvalue weighted by Crippen LogP contribution is -2.43. The molecule has 1 heterocycles. The molecule has 0 radical (unpaired) electrons. The molecule has 0 aromatic carbocycles. The summed E-state index contributed by atoms with van der Waals surface area (Å²) in [6, 6.07) is 0. The van der Waals surface area contributed by atoms with E-state index in [2.05, 4.69) is 6.92 Å². The minimum Gasteiger partial charge on any atom is -0.368 e. The highest BCUT2D eigenvalue weighted by atomic mass is 16.5. The van der Waals surface area contributed by atoms with Crippen LogP contribution in [-0.2, 0) is 14.3 Å². The average molecular weight is 338 g/mol. The molecular formula is C19H34N2O3. The van der Waals surface area contributed by atoms with Crippen LogP contribution in [0.3, 0.4) is 0 Å². The van der Waals surface area contributed by atoms with Crippen LogP contribution < -0.4 is 0 Å². The van der Waals surface area contributed by atoms with Crippen LogP contribution >= 0.6 is 0 Å². The molecule has 24 heavy (non-hydrogen) atoms. The average Bonchev–Trinajstić information content (AvgIpc) is 2.78. The van der Waals surface area contributed by atoms with Crippen molar-refractivity contribution in [3.05, 3.63) is 0 Å². The molecule has 1 aliphatic heterocycles. The summed E-state index contributed by atoms with van der Waals surface area (Å²) in [4.78, 5) is 28.7. The van der Waals surface area contributed by atoms with Gasteiger partial charge in [-0.05, 0) is 25.2 Å². The highest BCUT2D eigenvalue weighted by Gasteiger charge is 2.30. The van der Waals surface area contributed by atoms with Gasteiger partial charge in [0.15, 0.2) is 0 Å². The van der Waals surface area contributed by atoms with Crippen molar-refractivity contribution in [1.29, 1.82) is 0 Å². The van der Waals surface area contributed by atoms with Gasteiger partial charge in [-0.2, -0.15) is 0 Å². The molecule has 0 aromatic rings.